The van der Waals surface area contributed by atoms with Gasteiger partial charge in [-0.2, -0.15) is 0 Å². The van der Waals surface area contributed by atoms with E-state index in [9.17, 15) is 4.79 Å². The Morgan fingerprint density at radius 3 is 2.68 bits per heavy atom. The molecule has 1 N–H and O–H groups in total. The zero-order chi connectivity index (χ0) is 13.1. The second-order valence-electron chi connectivity index (χ2n) is 5.88. The van der Waals surface area contributed by atoms with E-state index in [4.69, 9.17) is 4.74 Å². The number of carbonyl (C=O) groups excluding carboxylic acids is 1. The first-order valence-electron chi connectivity index (χ1n) is 7.68. The van der Waals surface area contributed by atoms with Crippen LogP contribution in [0.3, 0.4) is 0 Å². The number of hydrogen-bond donors (Lipinski definition) is 1. The molecule has 3 aliphatic heterocycles. The SMILES string of the molecule is O=C([C@@H]1CCCCN1)N1CCC(N2CCOCC2)C1. The molecular weight excluding hydrogens is 242 g/mol. The molecule has 0 spiro atoms. The third-order valence-corrected chi connectivity index (χ3v) is 4.65. The molecular formula is C14H25N3O2. The van der Waals surface area contributed by atoms with E-state index in [1.54, 1.807) is 0 Å². The van der Waals surface area contributed by atoms with Crippen molar-refractivity contribution in [3.05, 3.63) is 0 Å². The number of piperidine rings is 1. The Labute approximate surface area is 115 Å². The van der Waals surface area contributed by atoms with Gasteiger partial charge in [-0.3, -0.25) is 9.69 Å². The van der Waals surface area contributed by atoms with Gasteiger partial charge in [0.05, 0.1) is 19.3 Å². The summed E-state index contributed by atoms with van der Waals surface area (Å²) in [5.74, 6) is 0.329. The van der Waals surface area contributed by atoms with E-state index in [0.717, 1.165) is 58.8 Å². The highest BCUT2D eigenvalue weighted by Crippen LogP contribution is 2.19. The molecule has 0 aliphatic carbocycles. The minimum atomic E-state index is 0.0807. The average Bonchev–Trinajstić information content (AvgIpc) is 2.98. The van der Waals surface area contributed by atoms with Crippen molar-refractivity contribution in [2.24, 2.45) is 0 Å². The van der Waals surface area contributed by atoms with Crippen molar-refractivity contribution in [3.63, 3.8) is 0 Å². The summed E-state index contributed by atoms with van der Waals surface area (Å²) in [6.45, 7) is 6.57. The van der Waals surface area contributed by atoms with Crippen molar-refractivity contribution in [2.75, 3.05) is 45.9 Å². The molecule has 3 aliphatic rings. The lowest BCUT2D eigenvalue weighted by Crippen LogP contribution is -2.49. The predicted octanol–water partition coefficient (Wildman–Crippen LogP) is 0.0616. The summed E-state index contributed by atoms with van der Waals surface area (Å²) in [6, 6.07) is 0.633. The van der Waals surface area contributed by atoms with Crippen LogP contribution in [0.1, 0.15) is 25.7 Å². The van der Waals surface area contributed by atoms with Crippen molar-refractivity contribution < 1.29 is 9.53 Å². The Kier molecular flexibility index (Phi) is 4.35. The summed E-state index contributed by atoms with van der Waals surface area (Å²) < 4.78 is 5.40. The number of hydrogen-bond acceptors (Lipinski definition) is 4. The fourth-order valence-electron chi connectivity index (χ4n) is 3.47. The van der Waals surface area contributed by atoms with E-state index >= 15 is 0 Å². The van der Waals surface area contributed by atoms with Crippen molar-refractivity contribution in [3.8, 4) is 0 Å². The first kappa shape index (κ1) is 13.3. The van der Waals surface area contributed by atoms with Gasteiger partial charge in [0.15, 0.2) is 0 Å². The van der Waals surface area contributed by atoms with Gasteiger partial charge >= 0.3 is 0 Å². The minimum absolute atomic E-state index is 0.0807. The van der Waals surface area contributed by atoms with E-state index < -0.39 is 0 Å². The van der Waals surface area contributed by atoms with Crippen LogP contribution in [0.4, 0.5) is 0 Å². The Balaban J connectivity index is 1.51. The molecule has 0 aromatic heterocycles. The summed E-state index contributed by atoms with van der Waals surface area (Å²) in [6.07, 6.45) is 4.53. The largest absolute Gasteiger partial charge is 0.379 e. The molecule has 0 radical (unpaired) electrons. The van der Waals surface area contributed by atoms with Crippen LogP contribution in [-0.2, 0) is 9.53 Å². The molecule has 5 nitrogen and oxygen atoms in total. The first-order valence-corrected chi connectivity index (χ1v) is 7.68. The fourth-order valence-corrected chi connectivity index (χ4v) is 3.47. The number of nitrogens with zero attached hydrogens (tertiary/aromatic N) is 2. The minimum Gasteiger partial charge on any atom is -0.379 e. The van der Waals surface area contributed by atoms with E-state index in [-0.39, 0.29) is 6.04 Å². The Bertz CT molecular complexity index is 312. The number of rotatable bonds is 2. The van der Waals surface area contributed by atoms with Gasteiger partial charge in [0.2, 0.25) is 5.91 Å². The molecule has 0 aromatic rings. The molecule has 2 atom stereocenters. The number of nitrogens with one attached hydrogen (secondary N) is 1. The lowest BCUT2D eigenvalue weighted by Gasteiger charge is -2.32. The van der Waals surface area contributed by atoms with Gasteiger partial charge in [-0.05, 0) is 25.8 Å². The smallest absolute Gasteiger partial charge is 0.239 e. The number of amides is 1. The van der Waals surface area contributed by atoms with Crippen LogP contribution in [0, 0.1) is 0 Å². The summed E-state index contributed by atoms with van der Waals surface area (Å²) in [4.78, 5) is 17.0. The van der Waals surface area contributed by atoms with Gasteiger partial charge in [-0.25, -0.2) is 0 Å². The summed E-state index contributed by atoms with van der Waals surface area (Å²) in [5.41, 5.74) is 0. The van der Waals surface area contributed by atoms with Crippen molar-refractivity contribution in [2.45, 2.75) is 37.8 Å². The Morgan fingerprint density at radius 1 is 1.11 bits per heavy atom. The quantitative estimate of drug-likeness (QED) is 0.768. The number of ether oxygens (including phenoxy) is 1. The van der Waals surface area contributed by atoms with Crippen LogP contribution < -0.4 is 5.32 Å². The molecule has 1 amide bonds. The average molecular weight is 267 g/mol. The molecule has 1 unspecified atom stereocenters. The maximum atomic E-state index is 12.4. The molecule has 5 heteroatoms. The van der Waals surface area contributed by atoms with Gasteiger partial charge in [0.1, 0.15) is 0 Å². The number of likely N-dealkylation sites (tertiary alicyclic amines) is 1. The molecule has 3 saturated heterocycles. The summed E-state index contributed by atoms with van der Waals surface area (Å²) in [5, 5.41) is 3.37. The highest BCUT2D eigenvalue weighted by molar-refractivity contribution is 5.82. The van der Waals surface area contributed by atoms with E-state index in [2.05, 4.69) is 15.1 Å². The number of morpholine rings is 1. The normalized spacial score (nSPS) is 33.6. The topological polar surface area (TPSA) is 44.8 Å². The van der Waals surface area contributed by atoms with Gasteiger partial charge < -0.3 is 15.0 Å². The second-order valence-corrected chi connectivity index (χ2v) is 5.88. The molecule has 0 aromatic carbocycles. The van der Waals surface area contributed by atoms with E-state index in [0.29, 0.717) is 11.9 Å². The van der Waals surface area contributed by atoms with Crippen LogP contribution in [0.15, 0.2) is 0 Å². The highest BCUT2D eigenvalue weighted by Gasteiger charge is 2.34. The second kappa shape index (κ2) is 6.20. The monoisotopic (exact) mass is 267 g/mol. The van der Waals surface area contributed by atoms with Gasteiger partial charge in [0.25, 0.3) is 0 Å². The van der Waals surface area contributed by atoms with Crippen LogP contribution in [-0.4, -0.2) is 73.7 Å². The lowest BCUT2D eigenvalue weighted by molar-refractivity contribution is -0.133. The highest BCUT2D eigenvalue weighted by atomic mass is 16.5. The molecule has 3 rings (SSSR count). The van der Waals surface area contributed by atoms with Crippen molar-refractivity contribution >= 4 is 5.91 Å². The lowest BCUT2D eigenvalue weighted by atomic mass is 10.0. The molecule has 0 bridgehead atoms. The number of carbonyl (C=O) groups is 1. The molecule has 3 fully saturated rings. The van der Waals surface area contributed by atoms with Gasteiger partial charge in [-0.15, -0.1) is 0 Å². The molecule has 19 heavy (non-hydrogen) atoms. The van der Waals surface area contributed by atoms with Gasteiger partial charge in [-0.1, -0.05) is 6.42 Å². The maximum Gasteiger partial charge on any atom is 0.239 e. The standard InChI is InChI=1S/C14H25N3O2/c18-14(13-3-1-2-5-15-13)17-6-4-12(11-17)16-7-9-19-10-8-16/h12-13,15H,1-11H2/t12?,13-/m0/s1. The Morgan fingerprint density at radius 2 is 1.95 bits per heavy atom. The zero-order valence-corrected chi connectivity index (χ0v) is 11.6. The van der Waals surface area contributed by atoms with E-state index in [1.165, 1.54) is 12.8 Å². The molecule has 3 heterocycles. The fraction of sp³-hybridized carbons (Fsp3) is 0.929. The van der Waals surface area contributed by atoms with Crippen LogP contribution in [0.5, 0.6) is 0 Å². The van der Waals surface area contributed by atoms with Crippen LogP contribution >= 0.6 is 0 Å². The van der Waals surface area contributed by atoms with Gasteiger partial charge in [0, 0.05) is 32.2 Å². The van der Waals surface area contributed by atoms with Crippen LogP contribution in [0.2, 0.25) is 0 Å². The van der Waals surface area contributed by atoms with Crippen molar-refractivity contribution in [1.29, 1.82) is 0 Å². The third-order valence-electron chi connectivity index (χ3n) is 4.65. The zero-order valence-electron chi connectivity index (χ0n) is 11.6. The molecule has 0 saturated carbocycles. The first-order chi connectivity index (χ1) is 9.34. The maximum absolute atomic E-state index is 12.4. The summed E-state index contributed by atoms with van der Waals surface area (Å²) in [7, 11) is 0. The van der Waals surface area contributed by atoms with E-state index in [1.807, 2.05) is 0 Å². The van der Waals surface area contributed by atoms with Crippen molar-refractivity contribution in [1.82, 2.24) is 15.1 Å². The predicted molar refractivity (Wildman–Crippen MR) is 73.0 cm³/mol. The molecule has 108 valence electrons. The third kappa shape index (κ3) is 3.09. The summed E-state index contributed by atoms with van der Waals surface area (Å²) >= 11 is 0. The van der Waals surface area contributed by atoms with Crippen LogP contribution in [0.25, 0.3) is 0 Å². The Hall–Kier alpha value is -0.650.